The number of nitrogens with zero attached hydrogens (tertiary/aromatic N) is 2. The van der Waals surface area contributed by atoms with E-state index < -0.39 is 10.1 Å². The lowest BCUT2D eigenvalue weighted by Crippen LogP contribution is -2.17. The number of hydrogen-bond donors (Lipinski definition) is 0. The highest BCUT2D eigenvalue weighted by Gasteiger charge is 2.17. The minimum atomic E-state index is -3.65. The van der Waals surface area contributed by atoms with Gasteiger partial charge in [-0.05, 0) is 48.7 Å². The van der Waals surface area contributed by atoms with Crippen LogP contribution in [0.3, 0.4) is 0 Å². The van der Waals surface area contributed by atoms with E-state index in [1.807, 2.05) is 31.4 Å². The highest BCUT2D eigenvalue weighted by molar-refractivity contribution is 7.87. The molecule has 0 saturated carbocycles. The third-order valence-electron chi connectivity index (χ3n) is 4.01. The molecule has 3 rings (SSSR count). The third kappa shape index (κ3) is 4.75. The number of fused-ring (bicyclic) bond motifs is 1. The van der Waals surface area contributed by atoms with Crippen molar-refractivity contribution in [3.05, 3.63) is 57.8 Å². The monoisotopic (exact) mass is 426 g/mol. The number of benzene rings is 2. The molecule has 0 aliphatic heterocycles. The molecule has 1 aromatic heterocycles. The first-order chi connectivity index (χ1) is 12.6. The molecule has 0 saturated heterocycles. The van der Waals surface area contributed by atoms with E-state index in [0.29, 0.717) is 16.6 Å². The molecule has 0 spiro atoms. The lowest BCUT2D eigenvalue weighted by atomic mass is 10.2. The van der Waals surface area contributed by atoms with Gasteiger partial charge in [0.25, 0.3) is 0 Å². The fourth-order valence-electron chi connectivity index (χ4n) is 2.90. The molecular formula is C19H20Cl2N2O3S. The number of imidazole rings is 1. The zero-order valence-corrected chi connectivity index (χ0v) is 17.6. The van der Waals surface area contributed by atoms with Gasteiger partial charge in [-0.25, -0.2) is 4.98 Å². The van der Waals surface area contributed by atoms with Gasteiger partial charge < -0.3 is 8.75 Å². The minimum Gasteiger partial charge on any atom is -0.382 e. The van der Waals surface area contributed by atoms with E-state index in [1.165, 1.54) is 0 Å². The number of hydrogen-bond acceptors (Lipinski definition) is 4. The van der Waals surface area contributed by atoms with Gasteiger partial charge in [-0.3, -0.25) is 0 Å². The van der Waals surface area contributed by atoms with Crippen molar-refractivity contribution in [3.63, 3.8) is 0 Å². The summed E-state index contributed by atoms with van der Waals surface area (Å²) in [5.41, 5.74) is 2.37. The summed E-state index contributed by atoms with van der Waals surface area (Å²) in [6, 6.07) is 10.3. The molecule has 0 N–H and O–H groups in total. The van der Waals surface area contributed by atoms with Crippen LogP contribution in [-0.4, -0.2) is 23.7 Å². The molecule has 8 heteroatoms. The second-order valence-electron chi connectivity index (χ2n) is 6.83. The van der Waals surface area contributed by atoms with Gasteiger partial charge in [0.15, 0.2) is 0 Å². The van der Waals surface area contributed by atoms with E-state index in [1.54, 1.807) is 30.3 Å². The minimum absolute atomic E-state index is 0.0172. The van der Waals surface area contributed by atoms with Crippen LogP contribution in [0.25, 0.3) is 11.0 Å². The zero-order chi connectivity index (χ0) is 19.8. The maximum absolute atomic E-state index is 12.1. The standard InChI is InChI=1S/C19H20Cl2N2O3S/c1-12(2)11-27(24,25)26-16-5-7-18-19(9-16)23(13(3)22-18)10-14-8-15(20)4-6-17(14)21/h4-9,12H,10-11H2,1-3H3. The molecule has 0 fully saturated rings. The van der Waals surface area contributed by atoms with E-state index in [0.717, 1.165) is 22.4 Å². The Morgan fingerprint density at radius 2 is 1.89 bits per heavy atom. The van der Waals surface area contributed by atoms with Crippen molar-refractivity contribution in [2.75, 3.05) is 5.75 Å². The predicted octanol–water partition coefficient (Wildman–Crippen LogP) is 5.06. The smallest absolute Gasteiger partial charge is 0.309 e. The Bertz CT molecular complexity index is 1090. The van der Waals surface area contributed by atoms with Gasteiger partial charge in [0.1, 0.15) is 11.6 Å². The van der Waals surface area contributed by atoms with Gasteiger partial charge in [-0.15, -0.1) is 0 Å². The number of aryl methyl sites for hydroxylation is 1. The van der Waals surface area contributed by atoms with Gasteiger partial charge in [0.05, 0.1) is 23.3 Å². The van der Waals surface area contributed by atoms with Crippen molar-refractivity contribution in [1.29, 1.82) is 0 Å². The van der Waals surface area contributed by atoms with E-state index in [2.05, 4.69) is 4.98 Å². The van der Waals surface area contributed by atoms with Crippen LogP contribution in [0.5, 0.6) is 5.75 Å². The first kappa shape index (κ1) is 20.0. The summed E-state index contributed by atoms with van der Waals surface area (Å²) in [4.78, 5) is 4.53. The number of rotatable bonds is 6. The largest absolute Gasteiger partial charge is 0.382 e. The first-order valence-electron chi connectivity index (χ1n) is 8.47. The number of aromatic nitrogens is 2. The van der Waals surface area contributed by atoms with Crippen molar-refractivity contribution in [1.82, 2.24) is 9.55 Å². The molecule has 0 atom stereocenters. The molecule has 2 aromatic carbocycles. The van der Waals surface area contributed by atoms with Crippen LogP contribution >= 0.6 is 23.2 Å². The zero-order valence-electron chi connectivity index (χ0n) is 15.2. The molecule has 27 heavy (non-hydrogen) atoms. The molecule has 5 nitrogen and oxygen atoms in total. The molecular weight excluding hydrogens is 407 g/mol. The van der Waals surface area contributed by atoms with Crippen molar-refractivity contribution < 1.29 is 12.6 Å². The SMILES string of the molecule is Cc1nc2ccc(OS(=O)(=O)CC(C)C)cc2n1Cc1cc(Cl)ccc1Cl. The Morgan fingerprint density at radius 1 is 1.15 bits per heavy atom. The highest BCUT2D eigenvalue weighted by Crippen LogP contribution is 2.27. The fourth-order valence-corrected chi connectivity index (χ4v) is 4.55. The summed E-state index contributed by atoms with van der Waals surface area (Å²) in [5.74, 6) is 0.989. The molecule has 0 unspecified atom stereocenters. The average molecular weight is 427 g/mol. The Kier molecular flexibility index (Phi) is 5.70. The maximum Gasteiger partial charge on any atom is 0.309 e. The van der Waals surface area contributed by atoms with Gasteiger partial charge in [-0.2, -0.15) is 8.42 Å². The van der Waals surface area contributed by atoms with Gasteiger partial charge >= 0.3 is 10.1 Å². The molecule has 0 amide bonds. The summed E-state index contributed by atoms with van der Waals surface area (Å²) < 4.78 is 31.5. The van der Waals surface area contributed by atoms with E-state index in [4.69, 9.17) is 27.4 Å². The third-order valence-corrected chi connectivity index (χ3v) is 6.13. The first-order valence-corrected chi connectivity index (χ1v) is 10.8. The molecule has 0 aliphatic rings. The van der Waals surface area contributed by atoms with Crippen LogP contribution < -0.4 is 4.18 Å². The molecule has 3 aromatic rings. The number of halogens is 2. The molecule has 0 radical (unpaired) electrons. The van der Waals surface area contributed by atoms with E-state index >= 15 is 0 Å². The Labute approximate surface area is 169 Å². The highest BCUT2D eigenvalue weighted by atomic mass is 35.5. The van der Waals surface area contributed by atoms with Crippen LogP contribution in [0.1, 0.15) is 25.2 Å². The summed E-state index contributed by atoms with van der Waals surface area (Å²) in [6.07, 6.45) is 0. The van der Waals surface area contributed by atoms with Crippen molar-refractivity contribution in [3.8, 4) is 5.75 Å². The van der Waals surface area contributed by atoms with Crippen molar-refractivity contribution >= 4 is 44.4 Å². The quantitative estimate of drug-likeness (QED) is 0.516. The van der Waals surface area contributed by atoms with Crippen LogP contribution in [0.2, 0.25) is 10.0 Å². The molecule has 1 heterocycles. The normalized spacial score (nSPS) is 12.1. The fraction of sp³-hybridized carbons (Fsp3) is 0.316. The summed E-state index contributed by atoms with van der Waals surface area (Å²) in [5, 5.41) is 1.20. The lowest BCUT2D eigenvalue weighted by molar-refractivity contribution is 0.477. The van der Waals surface area contributed by atoms with Gasteiger partial charge in [-0.1, -0.05) is 37.0 Å². The average Bonchev–Trinajstić information content (AvgIpc) is 2.85. The Hall–Kier alpha value is -1.76. The van der Waals surface area contributed by atoms with Crippen LogP contribution in [0.4, 0.5) is 0 Å². The Morgan fingerprint density at radius 3 is 2.59 bits per heavy atom. The maximum atomic E-state index is 12.1. The van der Waals surface area contributed by atoms with Gasteiger partial charge in [0.2, 0.25) is 0 Å². The van der Waals surface area contributed by atoms with Crippen molar-refractivity contribution in [2.24, 2.45) is 5.92 Å². The van der Waals surface area contributed by atoms with Gasteiger partial charge in [0, 0.05) is 16.1 Å². The summed E-state index contributed by atoms with van der Waals surface area (Å²) >= 11 is 12.4. The van der Waals surface area contributed by atoms with Crippen LogP contribution in [0, 0.1) is 12.8 Å². The van der Waals surface area contributed by atoms with Crippen LogP contribution in [0.15, 0.2) is 36.4 Å². The van der Waals surface area contributed by atoms with E-state index in [-0.39, 0.29) is 17.4 Å². The molecule has 0 aliphatic carbocycles. The molecule has 144 valence electrons. The molecule has 0 bridgehead atoms. The van der Waals surface area contributed by atoms with Crippen LogP contribution in [-0.2, 0) is 16.7 Å². The Balaban J connectivity index is 1.99. The van der Waals surface area contributed by atoms with E-state index in [9.17, 15) is 8.42 Å². The summed E-state index contributed by atoms with van der Waals surface area (Å²) in [6.45, 7) is 6.01. The van der Waals surface area contributed by atoms with Crippen molar-refractivity contribution in [2.45, 2.75) is 27.3 Å². The topological polar surface area (TPSA) is 61.2 Å². The second kappa shape index (κ2) is 7.70. The predicted molar refractivity (Wildman–Crippen MR) is 109 cm³/mol. The lowest BCUT2D eigenvalue weighted by Gasteiger charge is -2.11. The summed E-state index contributed by atoms with van der Waals surface area (Å²) in [7, 11) is -3.65. The second-order valence-corrected chi connectivity index (χ2v) is 9.29.